The fraction of sp³-hybridized carbons (Fsp3) is 0.538. The van der Waals surface area contributed by atoms with E-state index >= 15 is 0 Å². The fourth-order valence-electron chi connectivity index (χ4n) is 2.96. The molecule has 0 bridgehead atoms. The van der Waals surface area contributed by atoms with E-state index in [1.54, 1.807) is 12.1 Å². The molecule has 0 amide bonds. The summed E-state index contributed by atoms with van der Waals surface area (Å²) >= 11 is 6.15. The molecule has 3 heteroatoms. The van der Waals surface area contributed by atoms with Gasteiger partial charge < -0.3 is 5.73 Å². The highest BCUT2D eigenvalue weighted by molar-refractivity contribution is 6.31. The first-order chi connectivity index (χ1) is 7.69. The van der Waals surface area contributed by atoms with Gasteiger partial charge in [0.1, 0.15) is 5.82 Å². The number of halogens is 2. The summed E-state index contributed by atoms with van der Waals surface area (Å²) in [6.45, 7) is 0.588. The van der Waals surface area contributed by atoms with E-state index in [4.69, 9.17) is 17.3 Å². The van der Waals surface area contributed by atoms with Gasteiger partial charge in [0.15, 0.2) is 0 Å². The normalized spacial score (nSPS) is 18.9. The highest BCUT2D eigenvalue weighted by atomic mass is 35.5. The summed E-state index contributed by atoms with van der Waals surface area (Å²) in [6.07, 6.45) is 5.12. The van der Waals surface area contributed by atoms with Crippen LogP contribution >= 0.6 is 11.6 Å². The third kappa shape index (κ3) is 1.96. The zero-order valence-corrected chi connectivity index (χ0v) is 10.1. The molecule has 0 unspecified atom stereocenters. The van der Waals surface area contributed by atoms with Crippen molar-refractivity contribution >= 4 is 11.6 Å². The highest BCUT2D eigenvalue weighted by Crippen LogP contribution is 2.46. The zero-order chi connectivity index (χ0) is 11.6. The van der Waals surface area contributed by atoms with Gasteiger partial charge in [-0.25, -0.2) is 4.39 Å². The molecule has 1 aromatic rings. The minimum absolute atomic E-state index is 0.114. The lowest BCUT2D eigenvalue weighted by Crippen LogP contribution is -2.27. The van der Waals surface area contributed by atoms with Gasteiger partial charge in [-0.3, -0.25) is 0 Å². The van der Waals surface area contributed by atoms with E-state index in [9.17, 15) is 4.39 Å². The molecule has 1 saturated carbocycles. The SMILES string of the molecule is NCCC1(c2c(F)cccc2Cl)CCCC1. The van der Waals surface area contributed by atoms with Crippen molar-refractivity contribution in [3.05, 3.63) is 34.6 Å². The van der Waals surface area contributed by atoms with Crippen LogP contribution in [0.4, 0.5) is 4.39 Å². The number of hydrogen-bond acceptors (Lipinski definition) is 1. The molecular weight excluding hydrogens is 225 g/mol. The molecule has 2 N–H and O–H groups in total. The minimum atomic E-state index is -0.178. The van der Waals surface area contributed by atoms with Gasteiger partial charge in [0.2, 0.25) is 0 Å². The van der Waals surface area contributed by atoms with Crippen molar-refractivity contribution in [2.24, 2.45) is 5.73 Å². The van der Waals surface area contributed by atoms with Gasteiger partial charge in [-0.2, -0.15) is 0 Å². The number of benzene rings is 1. The average molecular weight is 242 g/mol. The van der Waals surface area contributed by atoms with Gasteiger partial charge in [0, 0.05) is 16.0 Å². The maximum atomic E-state index is 13.9. The molecule has 1 aliphatic rings. The minimum Gasteiger partial charge on any atom is -0.330 e. The third-order valence-electron chi connectivity index (χ3n) is 3.68. The summed E-state index contributed by atoms with van der Waals surface area (Å²) in [6, 6.07) is 4.93. The number of nitrogens with two attached hydrogens (primary N) is 1. The molecule has 1 aliphatic carbocycles. The third-order valence-corrected chi connectivity index (χ3v) is 3.99. The maximum absolute atomic E-state index is 13.9. The lowest BCUT2D eigenvalue weighted by Gasteiger charge is -2.30. The Morgan fingerprint density at radius 3 is 2.56 bits per heavy atom. The van der Waals surface area contributed by atoms with Gasteiger partial charge in [-0.15, -0.1) is 0 Å². The number of rotatable bonds is 3. The quantitative estimate of drug-likeness (QED) is 0.859. The van der Waals surface area contributed by atoms with Crippen LogP contribution in [0.2, 0.25) is 5.02 Å². The topological polar surface area (TPSA) is 26.0 Å². The van der Waals surface area contributed by atoms with Crippen LogP contribution in [0.15, 0.2) is 18.2 Å². The van der Waals surface area contributed by atoms with Crippen LogP contribution in [0, 0.1) is 5.82 Å². The Labute approximate surface area is 101 Å². The molecule has 0 atom stereocenters. The van der Waals surface area contributed by atoms with E-state index in [0.29, 0.717) is 17.1 Å². The van der Waals surface area contributed by atoms with Gasteiger partial charge in [-0.1, -0.05) is 30.5 Å². The second-order valence-corrected chi connectivity index (χ2v) is 5.03. The lowest BCUT2D eigenvalue weighted by molar-refractivity contribution is 0.392. The van der Waals surface area contributed by atoms with Crippen LogP contribution in [0.5, 0.6) is 0 Å². The summed E-state index contributed by atoms with van der Waals surface area (Å²) in [5.74, 6) is -0.178. The molecule has 0 saturated heterocycles. The monoisotopic (exact) mass is 241 g/mol. The molecule has 0 aromatic heterocycles. The Balaban J connectivity index is 2.46. The molecule has 0 aliphatic heterocycles. The smallest absolute Gasteiger partial charge is 0.128 e. The number of hydrogen-bond donors (Lipinski definition) is 1. The molecule has 1 fully saturated rings. The molecule has 16 heavy (non-hydrogen) atoms. The Morgan fingerprint density at radius 1 is 1.31 bits per heavy atom. The zero-order valence-electron chi connectivity index (χ0n) is 9.31. The van der Waals surface area contributed by atoms with Crippen LogP contribution in [-0.2, 0) is 5.41 Å². The van der Waals surface area contributed by atoms with Crippen LogP contribution in [0.25, 0.3) is 0 Å². The van der Waals surface area contributed by atoms with Gasteiger partial charge in [-0.05, 0) is 37.9 Å². The van der Waals surface area contributed by atoms with Crippen molar-refractivity contribution in [1.29, 1.82) is 0 Å². The predicted octanol–water partition coefficient (Wildman–Crippen LogP) is 3.64. The molecule has 88 valence electrons. The molecule has 1 nitrogen and oxygen atoms in total. The van der Waals surface area contributed by atoms with E-state index in [-0.39, 0.29) is 11.2 Å². The standard InChI is InChI=1S/C13H17ClFN/c14-10-4-3-5-11(15)12(10)13(8-9-16)6-1-2-7-13/h3-5H,1-2,6-9,16H2. The Hall–Kier alpha value is -0.600. The first kappa shape index (κ1) is 11.9. The van der Waals surface area contributed by atoms with Crippen LogP contribution in [0.1, 0.15) is 37.7 Å². The van der Waals surface area contributed by atoms with Gasteiger partial charge in [0.25, 0.3) is 0 Å². The van der Waals surface area contributed by atoms with Gasteiger partial charge >= 0.3 is 0 Å². The average Bonchev–Trinajstić information content (AvgIpc) is 2.67. The van der Waals surface area contributed by atoms with Crippen LogP contribution < -0.4 is 5.73 Å². The predicted molar refractivity (Wildman–Crippen MR) is 65.2 cm³/mol. The van der Waals surface area contributed by atoms with Crippen LogP contribution in [-0.4, -0.2) is 6.54 Å². The Kier molecular flexibility index (Phi) is 3.50. The van der Waals surface area contributed by atoms with Crippen molar-refractivity contribution in [2.45, 2.75) is 37.5 Å². The highest BCUT2D eigenvalue weighted by Gasteiger charge is 2.38. The van der Waals surface area contributed by atoms with E-state index < -0.39 is 0 Å². The molecule has 0 spiro atoms. The van der Waals surface area contributed by atoms with Crippen molar-refractivity contribution in [1.82, 2.24) is 0 Å². The molecular formula is C13H17ClFN. The van der Waals surface area contributed by atoms with Crippen LogP contribution in [0.3, 0.4) is 0 Å². The lowest BCUT2D eigenvalue weighted by atomic mass is 9.76. The molecule has 0 radical (unpaired) electrons. The molecule has 1 aromatic carbocycles. The fourth-order valence-corrected chi connectivity index (χ4v) is 3.32. The summed E-state index contributed by atoms with van der Waals surface area (Å²) in [7, 11) is 0. The first-order valence-corrected chi connectivity index (χ1v) is 6.22. The van der Waals surface area contributed by atoms with Gasteiger partial charge in [0.05, 0.1) is 0 Å². The van der Waals surface area contributed by atoms with Crippen molar-refractivity contribution in [3.63, 3.8) is 0 Å². The first-order valence-electron chi connectivity index (χ1n) is 5.84. The molecule has 2 rings (SSSR count). The molecule has 0 heterocycles. The van der Waals surface area contributed by atoms with Crippen molar-refractivity contribution in [2.75, 3.05) is 6.54 Å². The van der Waals surface area contributed by atoms with Crippen molar-refractivity contribution in [3.8, 4) is 0 Å². The second-order valence-electron chi connectivity index (χ2n) is 4.62. The Morgan fingerprint density at radius 2 is 2.00 bits per heavy atom. The Bertz CT molecular complexity index is 352. The summed E-state index contributed by atoms with van der Waals surface area (Å²) in [4.78, 5) is 0. The second kappa shape index (κ2) is 4.72. The van der Waals surface area contributed by atoms with E-state index in [1.165, 1.54) is 6.07 Å². The summed E-state index contributed by atoms with van der Waals surface area (Å²) < 4.78 is 13.9. The largest absolute Gasteiger partial charge is 0.330 e. The van der Waals surface area contributed by atoms with E-state index in [0.717, 1.165) is 32.1 Å². The van der Waals surface area contributed by atoms with Crippen molar-refractivity contribution < 1.29 is 4.39 Å². The summed E-state index contributed by atoms with van der Waals surface area (Å²) in [5.41, 5.74) is 6.25. The summed E-state index contributed by atoms with van der Waals surface area (Å²) in [5, 5.41) is 0.551. The van der Waals surface area contributed by atoms with E-state index in [2.05, 4.69) is 0 Å². The maximum Gasteiger partial charge on any atom is 0.128 e. The van der Waals surface area contributed by atoms with E-state index in [1.807, 2.05) is 0 Å².